The summed E-state index contributed by atoms with van der Waals surface area (Å²) in [5.41, 5.74) is 5.38. The van der Waals surface area contributed by atoms with Gasteiger partial charge in [0, 0.05) is 5.70 Å². The molecule has 0 fully saturated rings. The Kier molecular flexibility index (Phi) is 4.55. The highest BCUT2D eigenvalue weighted by atomic mass is 32.1. The molecule has 26 heavy (non-hydrogen) atoms. The smallest absolute Gasteiger partial charge is 0.171 e. The van der Waals surface area contributed by atoms with Crippen molar-refractivity contribution in [2.24, 2.45) is 0 Å². The number of thiocarbonyl (C=S) groups is 1. The summed E-state index contributed by atoms with van der Waals surface area (Å²) in [6.45, 7) is 0. The molecule has 4 rings (SSSR count). The van der Waals surface area contributed by atoms with Gasteiger partial charge >= 0.3 is 0 Å². The van der Waals surface area contributed by atoms with Gasteiger partial charge in [0.05, 0.1) is 6.04 Å². The molecular formula is C21H18F2N2S. The number of halogens is 2. The van der Waals surface area contributed by atoms with Crippen LogP contribution in [0.3, 0.4) is 0 Å². The Morgan fingerprint density at radius 1 is 0.923 bits per heavy atom. The molecule has 0 amide bonds. The molecule has 2 N–H and O–H groups in total. The lowest BCUT2D eigenvalue weighted by Crippen LogP contribution is -2.45. The second-order valence-electron chi connectivity index (χ2n) is 6.56. The van der Waals surface area contributed by atoms with E-state index in [1.165, 1.54) is 29.8 Å². The first-order valence-electron chi connectivity index (χ1n) is 8.63. The van der Waals surface area contributed by atoms with Crippen molar-refractivity contribution in [1.82, 2.24) is 10.6 Å². The van der Waals surface area contributed by atoms with Crippen LogP contribution in [0.4, 0.5) is 8.78 Å². The summed E-state index contributed by atoms with van der Waals surface area (Å²) < 4.78 is 26.4. The minimum atomic E-state index is -0.250. The monoisotopic (exact) mass is 368 g/mol. The van der Waals surface area contributed by atoms with E-state index in [4.69, 9.17) is 12.2 Å². The first-order chi connectivity index (χ1) is 12.6. The van der Waals surface area contributed by atoms with Gasteiger partial charge in [-0.1, -0.05) is 24.3 Å². The Morgan fingerprint density at radius 3 is 2.27 bits per heavy atom. The summed E-state index contributed by atoms with van der Waals surface area (Å²) >= 11 is 5.40. The molecule has 0 spiro atoms. The van der Waals surface area contributed by atoms with Crippen molar-refractivity contribution >= 4 is 23.4 Å². The Labute approximate surface area is 156 Å². The summed E-state index contributed by atoms with van der Waals surface area (Å²) in [4.78, 5) is 0. The first kappa shape index (κ1) is 16.9. The van der Waals surface area contributed by atoms with Gasteiger partial charge in [0.2, 0.25) is 0 Å². The van der Waals surface area contributed by atoms with Gasteiger partial charge in [-0.25, -0.2) is 8.78 Å². The highest BCUT2D eigenvalue weighted by molar-refractivity contribution is 7.80. The molecule has 1 unspecified atom stereocenters. The fourth-order valence-electron chi connectivity index (χ4n) is 3.59. The molecule has 1 heterocycles. The van der Waals surface area contributed by atoms with E-state index in [0.717, 1.165) is 41.7 Å². The molecule has 132 valence electrons. The molecule has 2 aromatic rings. The average Bonchev–Trinajstić information content (AvgIpc) is 2.64. The minimum Gasteiger partial charge on any atom is -0.352 e. The van der Waals surface area contributed by atoms with Gasteiger partial charge in [-0.05, 0) is 84.1 Å². The molecule has 1 aliphatic heterocycles. The fraction of sp³-hybridized carbons (Fsp3) is 0.190. The van der Waals surface area contributed by atoms with Crippen molar-refractivity contribution < 1.29 is 8.78 Å². The summed E-state index contributed by atoms with van der Waals surface area (Å²) in [5, 5.41) is 7.16. The van der Waals surface area contributed by atoms with Crippen LogP contribution in [0.5, 0.6) is 0 Å². The van der Waals surface area contributed by atoms with Crippen molar-refractivity contribution in [2.75, 3.05) is 0 Å². The zero-order valence-corrected chi connectivity index (χ0v) is 14.9. The summed E-state index contributed by atoms with van der Waals surface area (Å²) in [6.07, 6.45) is 4.99. The summed E-state index contributed by atoms with van der Waals surface area (Å²) in [6, 6.07) is 12.9. The zero-order chi connectivity index (χ0) is 18.1. The van der Waals surface area contributed by atoms with E-state index in [-0.39, 0.29) is 17.7 Å². The maximum absolute atomic E-state index is 13.3. The van der Waals surface area contributed by atoms with Crippen LogP contribution in [0.2, 0.25) is 0 Å². The number of hydrogen-bond acceptors (Lipinski definition) is 1. The third-order valence-corrected chi connectivity index (χ3v) is 5.03. The van der Waals surface area contributed by atoms with Gasteiger partial charge in [0.15, 0.2) is 5.11 Å². The molecule has 0 saturated carbocycles. The lowest BCUT2D eigenvalue weighted by atomic mass is 9.83. The molecule has 2 nitrogen and oxygen atoms in total. The Morgan fingerprint density at radius 2 is 1.58 bits per heavy atom. The Bertz CT molecular complexity index is 899. The number of benzene rings is 2. The van der Waals surface area contributed by atoms with E-state index in [0.29, 0.717) is 5.11 Å². The van der Waals surface area contributed by atoms with Crippen molar-refractivity contribution in [3.8, 4) is 0 Å². The van der Waals surface area contributed by atoms with Gasteiger partial charge in [-0.15, -0.1) is 0 Å². The third kappa shape index (κ3) is 3.40. The quantitative estimate of drug-likeness (QED) is 0.729. The molecular weight excluding hydrogens is 350 g/mol. The van der Waals surface area contributed by atoms with E-state index in [2.05, 4.69) is 16.7 Å². The van der Waals surface area contributed by atoms with E-state index < -0.39 is 0 Å². The topological polar surface area (TPSA) is 24.1 Å². The predicted octanol–water partition coefficient (Wildman–Crippen LogP) is 5.01. The van der Waals surface area contributed by atoms with Gasteiger partial charge in [0.25, 0.3) is 0 Å². The summed E-state index contributed by atoms with van der Waals surface area (Å²) in [5.74, 6) is -0.492. The van der Waals surface area contributed by atoms with Crippen molar-refractivity contribution in [1.29, 1.82) is 0 Å². The number of allylic oxidation sites excluding steroid dienone is 1. The average molecular weight is 368 g/mol. The molecule has 1 aliphatic carbocycles. The van der Waals surface area contributed by atoms with Crippen LogP contribution in [0.15, 0.2) is 65.4 Å². The molecule has 0 radical (unpaired) electrons. The molecule has 5 heteroatoms. The molecule has 0 aromatic heterocycles. The second-order valence-corrected chi connectivity index (χ2v) is 6.97. The van der Waals surface area contributed by atoms with Crippen molar-refractivity contribution in [3.05, 3.63) is 88.1 Å². The van der Waals surface area contributed by atoms with E-state index in [1.807, 2.05) is 0 Å². The first-order valence-corrected chi connectivity index (χ1v) is 9.03. The molecule has 1 atom stereocenters. The van der Waals surface area contributed by atoms with Crippen LogP contribution in [0, 0.1) is 11.6 Å². The van der Waals surface area contributed by atoms with Gasteiger partial charge in [0.1, 0.15) is 11.6 Å². The standard InChI is InChI=1S/C21H18F2N2S/c22-16-8-4-13(5-9-16)12-15-2-1-3-18-19(24-21(26)25-20(15)18)14-6-10-17(23)11-7-14/h4-12,19H,1-3H2,(H2,24,25,26)/b15-12+. The third-order valence-electron chi connectivity index (χ3n) is 4.81. The van der Waals surface area contributed by atoms with Crippen LogP contribution in [-0.2, 0) is 0 Å². The van der Waals surface area contributed by atoms with Gasteiger partial charge < -0.3 is 10.6 Å². The molecule has 2 aliphatic rings. The predicted molar refractivity (Wildman–Crippen MR) is 103 cm³/mol. The van der Waals surface area contributed by atoms with Crippen LogP contribution in [0.25, 0.3) is 6.08 Å². The van der Waals surface area contributed by atoms with E-state index >= 15 is 0 Å². The molecule has 0 saturated heterocycles. The fourth-order valence-corrected chi connectivity index (χ4v) is 3.81. The van der Waals surface area contributed by atoms with E-state index in [9.17, 15) is 8.78 Å². The highest BCUT2D eigenvalue weighted by Crippen LogP contribution is 2.38. The highest BCUT2D eigenvalue weighted by Gasteiger charge is 2.30. The van der Waals surface area contributed by atoms with Crippen LogP contribution >= 0.6 is 12.2 Å². The number of nitrogens with one attached hydrogen (secondary N) is 2. The zero-order valence-electron chi connectivity index (χ0n) is 14.1. The van der Waals surface area contributed by atoms with Crippen LogP contribution in [-0.4, -0.2) is 5.11 Å². The van der Waals surface area contributed by atoms with Crippen LogP contribution in [0.1, 0.15) is 36.4 Å². The van der Waals surface area contributed by atoms with E-state index in [1.54, 1.807) is 24.3 Å². The maximum atomic E-state index is 13.3. The minimum absolute atomic E-state index is 0.0590. The molecule has 0 bridgehead atoms. The Balaban J connectivity index is 1.75. The largest absolute Gasteiger partial charge is 0.352 e. The lowest BCUT2D eigenvalue weighted by molar-refractivity contribution is 0.602. The number of rotatable bonds is 2. The van der Waals surface area contributed by atoms with Gasteiger partial charge in [-0.3, -0.25) is 0 Å². The SMILES string of the molecule is Fc1ccc(/C=C2\CCCC3=C2NC(=S)NC3c2ccc(F)cc2)cc1. The second kappa shape index (κ2) is 7.00. The van der Waals surface area contributed by atoms with Crippen LogP contribution < -0.4 is 10.6 Å². The van der Waals surface area contributed by atoms with Gasteiger partial charge in [-0.2, -0.15) is 0 Å². The maximum Gasteiger partial charge on any atom is 0.171 e. The lowest BCUT2D eigenvalue weighted by Gasteiger charge is -2.36. The summed E-state index contributed by atoms with van der Waals surface area (Å²) in [7, 11) is 0. The van der Waals surface area contributed by atoms with Crippen molar-refractivity contribution in [3.63, 3.8) is 0 Å². The Hall–Kier alpha value is -2.53. The number of hydrogen-bond donors (Lipinski definition) is 2. The van der Waals surface area contributed by atoms with Crippen molar-refractivity contribution in [2.45, 2.75) is 25.3 Å². The normalized spacial score (nSPS) is 21.2. The molecule has 2 aromatic carbocycles.